The van der Waals surface area contributed by atoms with Crippen molar-refractivity contribution in [2.45, 2.75) is 26.1 Å². The molecule has 84 valence electrons. The maximum Gasteiger partial charge on any atom is 0.326 e. The van der Waals surface area contributed by atoms with E-state index in [1.807, 2.05) is 16.7 Å². The van der Waals surface area contributed by atoms with Gasteiger partial charge in [0, 0.05) is 29.2 Å². The number of H-pyrrole nitrogens is 1. The first-order valence-electron chi connectivity index (χ1n) is 5.30. The molecule has 0 spiro atoms. The van der Waals surface area contributed by atoms with Gasteiger partial charge in [0.05, 0.1) is 11.0 Å². The highest BCUT2D eigenvalue weighted by Gasteiger charge is 2.19. The molecule has 0 unspecified atom stereocenters. The number of halogens is 1. The van der Waals surface area contributed by atoms with Gasteiger partial charge in [-0.3, -0.25) is 4.57 Å². The molecule has 1 atom stereocenters. The number of imidazole rings is 1. The smallest absolute Gasteiger partial charge is 0.308 e. The summed E-state index contributed by atoms with van der Waals surface area (Å²) in [7, 11) is 0. The molecule has 0 aliphatic carbocycles. The summed E-state index contributed by atoms with van der Waals surface area (Å²) in [6.07, 6.45) is 0. The van der Waals surface area contributed by atoms with Crippen LogP contribution in [0.3, 0.4) is 0 Å². The van der Waals surface area contributed by atoms with Crippen LogP contribution in [-0.2, 0) is 13.1 Å². The molecule has 0 amide bonds. The number of aromatic amines is 1. The lowest BCUT2D eigenvalue weighted by atomic mass is 10.2. The first-order chi connectivity index (χ1) is 7.66. The van der Waals surface area contributed by atoms with Crippen LogP contribution in [0.15, 0.2) is 21.4 Å². The van der Waals surface area contributed by atoms with Crippen molar-refractivity contribution in [1.29, 1.82) is 0 Å². The average Bonchev–Trinajstić information content (AvgIpc) is 2.46. The van der Waals surface area contributed by atoms with Crippen molar-refractivity contribution in [2.24, 2.45) is 0 Å². The second-order valence-corrected chi connectivity index (χ2v) is 5.10. The Hall–Kier alpha value is -1.07. The van der Waals surface area contributed by atoms with Gasteiger partial charge in [-0.1, -0.05) is 15.9 Å². The third-order valence-corrected chi connectivity index (χ3v) is 3.81. The van der Waals surface area contributed by atoms with Gasteiger partial charge >= 0.3 is 5.69 Å². The molecular weight excluding hydrogens is 270 g/mol. The Balaban J connectivity index is 2.43. The molecule has 2 aromatic rings. The van der Waals surface area contributed by atoms with E-state index >= 15 is 0 Å². The van der Waals surface area contributed by atoms with Crippen molar-refractivity contribution in [3.8, 4) is 0 Å². The predicted molar refractivity (Wildman–Crippen MR) is 66.6 cm³/mol. The van der Waals surface area contributed by atoms with Gasteiger partial charge in [-0.15, -0.1) is 0 Å². The van der Waals surface area contributed by atoms with E-state index in [1.165, 1.54) is 0 Å². The maximum atomic E-state index is 11.8. The molecule has 0 saturated heterocycles. The Morgan fingerprint density at radius 1 is 1.50 bits per heavy atom. The number of rotatable bonds is 0. The molecule has 3 rings (SSSR count). The highest BCUT2D eigenvalue weighted by Crippen LogP contribution is 2.26. The van der Waals surface area contributed by atoms with E-state index in [1.54, 1.807) is 0 Å². The summed E-state index contributed by atoms with van der Waals surface area (Å²) >= 11 is 3.54. The second-order valence-electron chi connectivity index (χ2n) is 4.24. The van der Waals surface area contributed by atoms with Gasteiger partial charge in [0.25, 0.3) is 0 Å². The molecule has 0 bridgehead atoms. The van der Waals surface area contributed by atoms with E-state index in [4.69, 9.17) is 0 Å². The Labute approximate surface area is 101 Å². The van der Waals surface area contributed by atoms with Crippen LogP contribution in [0.5, 0.6) is 0 Å². The van der Waals surface area contributed by atoms with E-state index < -0.39 is 0 Å². The second kappa shape index (κ2) is 3.46. The summed E-state index contributed by atoms with van der Waals surface area (Å²) in [5, 5.41) is 3.40. The lowest BCUT2D eigenvalue weighted by molar-refractivity contribution is 0.490. The van der Waals surface area contributed by atoms with E-state index in [0.717, 1.165) is 27.6 Å². The SMILES string of the molecule is C[C@H]1Cn2c(=O)[nH]c3ccc(Br)c(c32)CN1. The van der Waals surface area contributed by atoms with Crippen LogP contribution >= 0.6 is 15.9 Å². The summed E-state index contributed by atoms with van der Waals surface area (Å²) in [6, 6.07) is 4.22. The lowest BCUT2D eigenvalue weighted by Gasteiger charge is -2.09. The number of nitrogens with zero attached hydrogens (tertiary/aromatic N) is 1. The Morgan fingerprint density at radius 2 is 2.31 bits per heavy atom. The zero-order valence-corrected chi connectivity index (χ0v) is 10.5. The summed E-state index contributed by atoms with van der Waals surface area (Å²) < 4.78 is 2.87. The molecule has 1 aliphatic rings. The van der Waals surface area contributed by atoms with E-state index in [9.17, 15) is 4.79 Å². The normalized spacial score (nSPS) is 20.0. The topological polar surface area (TPSA) is 49.8 Å². The molecule has 1 aliphatic heterocycles. The van der Waals surface area contributed by atoms with Crippen LogP contribution in [0.2, 0.25) is 0 Å². The van der Waals surface area contributed by atoms with Crippen LogP contribution in [0.4, 0.5) is 0 Å². The fourth-order valence-electron chi connectivity index (χ4n) is 2.26. The summed E-state index contributed by atoms with van der Waals surface area (Å²) in [5.74, 6) is 0. The minimum atomic E-state index is -0.0232. The van der Waals surface area contributed by atoms with Crippen LogP contribution < -0.4 is 11.0 Å². The van der Waals surface area contributed by atoms with Gasteiger partial charge in [0.15, 0.2) is 0 Å². The number of benzene rings is 1. The largest absolute Gasteiger partial charge is 0.326 e. The van der Waals surface area contributed by atoms with Crippen molar-refractivity contribution in [1.82, 2.24) is 14.9 Å². The number of aromatic nitrogens is 2. The number of hydrogen-bond donors (Lipinski definition) is 2. The van der Waals surface area contributed by atoms with Gasteiger partial charge in [-0.2, -0.15) is 0 Å². The monoisotopic (exact) mass is 281 g/mol. The summed E-state index contributed by atoms with van der Waals surface area (Å²) in [4.78, 5) is 14.7. The van der Waals surface area contributed by atoms with Gasteiger partial charge in [-0.25, -0.2) is 4.79 Å². The highest BCUT2D eigenvalue weighted by atomic mass is 79.9. The van der Waals surface area contributed by atoms with Crippen molar-refractivity contribution in [3.63, 3.8) is 0 Å². The van der Waals surface area contributed by atoms with E-state index in [-0.39, 0.29) is 5.69 Å². The summed E-state index contributed by atoms with van der Waals surface area (Å²) in [6.45, 7) is 3.59. The first-order valence-corrected chi connectivity index (χ1v) is 6.09. The highest BCUT2D eigenvalue weighted by molar-refractivity contribution is 9.10. The molecule has 16 heavy (non-hydrogen) atoms. The molecule has 1 aromatic heterocycles. The van der Waals surface area contributed by atoms with Crippen molar-refractivity contribution in [2.75, 3.05) is 0 Å². The third kappa shape index (κ3) is 1.35. The summed E-state index contributed by atoms with van der Waals surface area (Å²) in [5.41, 5.74) is 3.07. The number of hydrogen-bond acceptors (Lipinski definition) is 2. The van der Waals surface area contributed by atoms with Crippen molar-refractivity contribution < 1.29 is 0 Å². The van der Waals surface area contributed by atoms with Crippen LogP contribution in [0.25, 0.3) is 11.0 Å². The third-order valence-electron chi connectivity index (χ3n) is 3.07. The standard InChI is InChI=1S/C11H12BrN3O/c1-6-5-15-10-7(4-13-6)8(12)2-3-9(10)14-11(15)16/h2-3,6,13H,4-5H2,1H3,(H,14,16)/t6-/m0/s1. The van der Waals surface area contributed by atoms with Crippen LogP contribution in [0.1, 0.15) is 12.5 Å². The molecule has 2 heterocycles. The maximum absolute atomic E-state index is 11.8. The van der Waals surface area contributed by atoms with E-state index in [0.29, 0.717) is 12.6 Å². The molecule has 0 saturated carbocycles. The Kier molecular flexibility index (Phi) is 2.19. The van der Waals surface area contributed by atoms with Gasteiger partial charge in [-0.05, 0) is 19.1 Å². The minimum absolute atomic E-state index is 0.0232. The van der Waals surface area contributed by atoms with Crippen molar-refractivity contribution >= 4 is 27.0 Å². The van der Waals surface area contributed by atoms with E-state index in [2.05, 4.69) is 33.2 Å². The van der Waals surface area contributed by atoms with Gasteiger partial charge in [0.2, 0.25) is 0 Å². The van der Waals surface area contributed by atoms with Crippen molar-refractivity contribution in [3.05, 3.63) is 32.7 Å². The zero-order valence-electron chi connectivity index (χ0n) is 8.88. The minimum Gasteiger partial charge on any atom is -0.308 e. The lowest BCUT2D eigenvalue weighted by Crippen LogP contribution is -2.30. The molecule has 0 radical (unpaired) electrons. The molecule has 5 heteroatoms. The Bertz CT molecular complexity index is 613. The zero-order chi connectivity index (χ0) is 11.3. The molecular formula is C11H12BrN3O. The fraction of sp³-hybridized carbons (Fsp3) is 0.364. The quantitative estimate of drug-likeness (QED) is 0.771. The number of nitrogens with one attached hydrogen (secondary N) is 2. The van der Waals surface area contributed by atoms with Gasteiger partial charge < -0.3 is 10.3 Å². The molecule has 0 fully saturated rings. The van der Waals surface area contributed by atoms with Gasteiger partial charge in [0.1, 0.15) is 0 Å². The molecule has 2 N–H and O–H groups in total. The predicted octanol–water partition coefficient (Wildman–Crippen LogP) is 1.58. The molecule has 4 nitrogen and oxygen atoms in total. The Morgan fingerprint density at radius 3 is 3.12 bits per heavy atom. The molecule has 1 aromatic carbocycles. The van der Waals surface area contributed by atoms with Crippen LogP contribution in [-0.4, -0.2) is 15.6 Å². The first kappa shape index (κ1) is 10.1. The fourth-order valence-corrected chi connectivity index (χ4v) is 2.72. The average molecular weight is 282 g/mol. The van der Waals surface area contributed by atoms with Crippen LogP contribution in [0, 0.1) is 0 Å².